The fourth-order valence-corrected chi connectivity index (χ4v) is 1.48. The first-order chi connectivity index (χ1) is 7.58. The SMILES string of the molecule is CCC(CO)NC(=O)c1ccc(N)cc1C. The molecule has 0 radical (unpaired) electrons. The number of hydrogen-bond acceptors (Lipinski definition) is 3. The molecule has 0 heterocycles. The Bertz CT molecular complexity index is 373. The summed E-state index contributed by atoms with van der Waals surface area (Å²) >= 11 is 0. The lowest BCUT2D eigenvalue weighted by atomic mass is 10.1. The third-order valence-corrected chi connectivity index (χ3v) is 2.54. The second-order valence-electron chi connectivity index (χ2n) is 3.84. The molecule has 0 saturated carbocycles. The standard InChI is InChI=1S/C12H18N2O2/c1-3-10(7-15)14-12(16)11-5-4-9(13)6-8(11)2/h4-6,10,15H,3,7,13H2,1-2H3,(H,14,16). The molecule has 0 saturated heterocycles. The summed E-state index contributed by atoms with van der Waals surface area (Å²) < 4.78 is 0. The van der Waals surface area contributed by atoms with Gasteiger partial charge in [0.1, 0.15) is 0 Å². The number of aliphatic hydroxyl groups is 1. The van der Waals surface area contributed by atoms with Crippen molar-refractivity contribution in [3.05, 3.63) is 29.3 Å². The van der Waals surface area contributed by atoms with Gasteiger partial charge in [0.2, 0.25) is 0 Å². The fourth-order valence-electron chi connectivity index (χ4n) is 1.48. The summed E-state index contributed by atoms with van der Waals surface area (Å²) in [7, 11) is 0. The van der Waals surface area contributed by atoms with Crippen molar-refractivity contribution >= 4 is 11.6 Å². The van der Waals surface area contributed by atoms with Crippen molar-refractivity contribution in [2.24, 2.45) is 0 Å². The van der Waals surface area contributed by atoms with Gasteiger partial charge in [0.15, 0.2) is 0 Å². The number of carbonyl (C=O) groups is 1. The van der Waals surface area contributed by atoms with Crippen molar-refractivity contribution in [2.45, 2.75) is 26.3 Å². The average molecular weight is 222 g/mol. The van der Waals surface area contributed by atoms with Gasteiger partial charge >= 0.3 is 0 Å². The molecule has 4 heteroatoms. The molecule has 1 unspecified atom stereocenters. The Kier molecular flexibility index (Phi) is 4.31. The number of anilines is 1. The molecule has 1 atom stereocenters. The molecule has 4 nitrogen and oxygen atoms in total. The van der Waals surface area contributed by atoms with Crippen LogP contribution in [0.15, 0.2) is 18.2 Å². The predicted octanol–water partition coefficient (Wildman–Crippen LogP) is 1.08. The van der Waals surface area contributed by atoms with Crippen LogP contribution in [0.25, 0.3) is 0 Å². The van der Waals surface area contributed by atoms with Crippen molar-refractivity contribution in [3.63, 3.8) is 0 Å². The molecule has 0 bridgehead atoms. The number of nitrogens with one attached hydrogen (secondary N) is 1. The van der Waals surface area contributed by atoms with E-state index in [1.807, 2.05) is 13.8 Å². The molecule has 4 N–H and O–H groups in total. The number of rotatable bonds is 4. The van der Waals surface area contributed by atoms with E-state index in [1.54, 1.807) is 18.2 Å². The van der Waals surface area contributed by atoms with Crippen LogP contribution in [0, 0.1) is 6.92 Å². The van der Waals surface area contributed by atoms with Crippen LogP contribution in [0.1, 0.15) is 29.3 Å². The largest absolute Gasteiger partial charge is 0.399 e. The lowest BCUT2D eigenvalue weighted by molar-refractivity contribution is 0.0914. The lowest BCUT2D eigenvalue weighted by Gasteiger charge is -2.15. The summed E-state index contributed by atoms with van der Waals surface area (Å²) in [5, 5.41) is 11.8. The van der Waals surface area contributed by atoms with Crippen molar-refractivity contribution < 1.29 is 9.90 Å². The summed E-state index contributed by atoms with van der Waals surface area (Å²) in [4.78, 5) is 11.8. The molecular formula is C12H18N2O2. The Balaban J connectivity index is 2.80. The number of aliphatic hydroxyl groups excluding tert-OH is 1. The molecule has 88 valence electrons. The van der Waals surface area contributed by atoms with E-state index in [2.05, 4.69) is 5.32 Å². The van der Waals surface area contributed by atoms with Crippen LogP contribution < -0.4 is 11.1 Å². The molecule has 0 spiro atoms. The van der Waals surface area contributed by atoms with E-state index in [0.717, 1.165) is 5.56 Å². The minimum atomic E-state index is -0.190. The Morgan fingerprint density at radius 3 is 2.75 bits per heavy atom. The molecule has 0 aliphatic rings. The van der Waals surface area contributed by atoms with E-state index in [0.29, 0.717) is 17.7 Å². The van der Waals surface area contributed by atoms with Crippen molar-refractivity contribution in [3.8, 4) is 0 Å². The highest BCUT2D eigenvalue weighted by atomic mass is 16.3. The molecular weight excluding hydrogens is 204 g/mol. The van der Waals surface area contributed by atoms with E-state index < -0.39 is 0 Å². The van der Waals surface area contributed by atoms with Crippen LogP contribution in [0.4, 0.5) is 5.69 Å². The third kappa shape index (κ3) is 2.97. The molecule has 0 aliphatic carbocycles. The van der Waals surface area contributed by atoms with Gasteiger partial charge in [-0.15, -0.1) is 0 Å². The van der Waals surface area contributed by atoms with Gasteiger partial charge in [0.25, 0.3) is 5.91 Å². The van der Waals surface area contributed by atoms with Crippen molar-refractivity contribution in [1.29, 1.82) is 0 Å². The maximum Gasteiger partial charge on any atom is 0.251 e. The minimum Gasteiger partial charge on any atom is -0.399 e. The molecule has 0 aliphatic heterocycles. The molecule has 16 heavy (non-hydrogen) atoms. The monoisotopic (exact) mass is 222 g/mol. The quantitative estimate of drug-likeness (QED) is 0.667. The smallest absolute Gasteiger partial charge is 0.251 e. The first-order valence-electron chi connectivity index (χ1n) is 5.36. The maximum atomic E-state index is 11.8. The van der Waals surface area contributed by atoms with Crippen LogP contribution in [0.3, 0.4) is 0 Å². The maximum absolute atomic E-state index is 11.8. The van der Waals surface area contributed by atoms with E-state index in [9.17, 15) is 4.79 Å². The zero-order valence-electron chi connectivity index (χ0n) is 9.66. The minimum absolute atomic E-state index is 0.0454. The summed E-state index contributed by atoms with van der Waals surface area (Å²) in [5.41, 5.74) is 7.69. The molecule has 1 aromatic rings. The number of aryl methyl sites for hydroxylation is 1. The highest BCUT2D eigenvalue weighted by molar-refractivity contribution is 5.96. The second-order valence-corrected chi connectivity index (χ2v) is 3.84. The van der Waals surface area contributed by atoms with E-state index in [4.69, 9.17) is 10.8 Å². The first-order valence-corrected chi connectivity index (χ1v) is 5.36. The topological polar surface area (TPSA) is 75.3 Å². The van der Waals surface area contributed by atoms with Crippen LogP contribution in [0.2, 0.25) is 0 Å². The Hall–Kier alpha value is -1.55. The Morgan fingerprint density at radius 1 is 1.56 bits per heavy atom. The second kappa shape index (κ2) is 5.51. The average Bonchev–Trinajstić information content (AvgIpc) is 2.25. The molecule has 0 aromatic heterocycles. The highest BCUT2D eigenvalue weighted by Gasteiger charge is 2.12. The van der Waals surface area contributed by atoms with Crippen molar-refractivity contribution in [1.82, 2.24) is 5.32 Å². The summed E-state index contributed by atoms with van der Waals surface area (Å²) in [6, 6.07) is 4.96. The van der Waals surface area contributed by atoms with Gasteiger partial charge in [0, 0.05) is 11.3 Å². The number of carbonyl (C=O) groups excluding carboxylic acids is 1. The number of hydrogen-bond donors (Lipinski definition) is 3. The molecule has 1 amide bonds. The van der Waals surface area contributed by atoms with Crippen LogP contribution in [0.5, 0.6) is 0 Å². The van der Waals surface area contributed by atoms with E-state index in [1.165, 1.54) is 0 Å². The number of amides is 1. The van der Waals surface area contributed by atoms with Gasteiger partial charge in [-0.3, -0.25) is 4.79 Å². The van der Waals surface area contributed by atoms with Crippen LogP contribution >= 0.6 is 0 Å². The van der Waals surface area contributed by atoms with Crippen molar-refractivity contribution in [2.75, 3.05) is 12.3 Å². The van der Waals surface area contributed by atoms with Gasteiger partial charge < -0.3 is 16.2 Å². The fraction of sp³-hybridized carbons (Fsp3) is 0.417. The highest BCUT2D eigenvalue weighted by Crippen LogP contribution is 2.12. The number of nitrogens with two attached hydrogens (primary N) is 1. The van der Waals surface area contributed by atoms with Gasteiger partial charge in [-0.25, -0.2) is 0 Å². The molecule has 1 aromatic carbocycles. The first kappa shape index (κ1) is 12.5. The third-order valence-electron chi connectivity index (χ3n) is 2.54. The number of benzene rings is 1. The van der Waals surface area contributed by atoms with E-state index >= 15 is 0 Å². The molecule has 0 fully saturated rings. The van der Waals surface area contributed by atoms with Crippen LogP contribution in [-0.4, -0.2) is 23.7 Å². The normalized spacial score (nSPS) is 12.2. The summed E-state index contributed by atoms with van der Waals surface area (Å²) in [6.45, 7) is 3.71. The number of nitrogen functional groups attached to an aromatic ring is 1. The zero-order chi connectivity index (χ0) is 12.1. The van der Waals surface area contributed by atoms with Gasteiger partial charge in [-0.05, 0) is 37.1 Å². The Labute approximate surface area is 95.5 Å². The van der Waals surface area contributed by atoms with E-state index in [-0.39, 0.29) is 18.6 Å². The summed E-state index contributed by atoms with van der Waals surface area (Å²) in [5.74, 6) is -0.168. The lowest BCUT2D eigenvalue weighted by Crippen LogP contribution is -2.37. The van der Waals surface area contributed by atoms with Crippen LogP contribution in [-0.2, 0) is 0 Å². The van der Waals surface area contributed by atoms with Gasteiger partial charge in [-0.2, -0.15) is 0 Å². The Morgan fingerprint density at radius 2 is 2.25 bits per heavy atom. The van der Waals surface area contributed by atoms with Gasteiger partial charge in [-0.1, -0.05) is 6.92 Å². The molecule has 1 rings (SSSR count). The van der Waals surface area contributed by atoms with Gasteiger partial charge in [0.05, 0.1) is 12.6 Å². The predicted molar refractivity (Wildman–Crippen MR) is 64.2 cm³/mol. The summed E-state index contributed by atoms with van der Waals surface area (Å²) in [6.07, 6.45) is 0.705. The zero-order valence-corrected chi connectivity index (χ0v) is 9.66.